The zero-order valence-corrected chi connectivity index (χ0v) is 11.9. The van der Waals surface area contributed by atoms with Gasteiger partial charge in [0, 0.05) is 4.47 Å². The molecule has 0 bridgehead atoms. The lowest BCUT2D eigenvalue weighted by Gasteiger charge is -2.09. The van der Waals surface area contributed by atoms with Gasteiger partial charge >= 0.3 is 6.03 Å². The highest BCUT2D eigenvalue weighted by Gasteiger charge is 2.13. The number of imide groups is 1. The molecule has 0 saturated carbocycles. The molecule has 1 atom stereocenters. The van der Waals surface area contributed by atoms with Crippen LogP contribution in [0.15, 0.2) is 22.7 Å². The minimum atomic E-state index is -0.777. The maximum absolute atomic E-state index is 11.4. The maximum atomic E-state index is 11.4. The smallest absolute Gasteiger partial charge is 0.306 e. The average Bonchev–Trinajstić information content (AvgIpc) is 2.22. The van der Waals surface area contributed by atoms with Gasteiger partial charge in [-0.05, 0) is 25.1 Å². The monoisotopic (exact) mass is 338 g/mol. The molecule has 0 aliphatic carbocycles. The van der Waals surface area contributed by atoms with E-state index in [4.69, 9.17) is 23.2 Å². The van der Waals surface area contributed by atoms with Crippen molar-refractivity contribution in [2.75, 3.05) is 5.32 Å². The fourth-order valence-electron chi connectivity index (χ4n) is 0.956. The lowest BCUT2D eigenvalue weighted by molar-refractivity contribution is -0.119. The van der Waals surface area contributed by atoms with Gasteiger partial charge < -0.3 is 5.32 Å². The molecule has 0 spiro atoms. The van der Waals surface area contributed by atoms with Crippen LogP contribution in [0.2, 0.25) is 5.02 Å². The van der Waals surface area contributed by atoms with Gasteiger partial charge in [-0.25, -0.2) is 4.79 Å². The van der Waals surface area contributed by atoms with Crippen molar-refractivity contribution < 1.29 is 9.59 Å². The van der Waals surface area contributed by atoms with Crippen molar-refractivity contribution >= 4 is 56.8 Å². The first kappa shape index (κ1) is 14.3. The highest BCUT2D eigenvalue weighted by Crippen LogP contribution is 2.25. The molecule has 0 fully saturated rings. The molecule has 2 N–H and O–H groups in total. The van der Waals surface area contributed by atoms with Crippen molar-refractivity contribution in [3.05, 3.63) is 27.7 Å². The topological polar surface area (TPSA) is 58.2 Å². The molecule has 17 heavy (non-hydrogen) atoms. The van der Waals surface area contributed by atoms with Gasteiger partial charge in [-0.1, -0.05) is 27.5 Å². The first-order valence-corrected chi connectivity index (χ1v) is 6.22. The van der Waals surface area contributed by atoms with E-state index in [-0.39, 0.29) is 0 Å². The summed E-state index contributed by atoms with van der Waals surface area (Å²) >= 11 is 14.6. The number of amides is 3. The molecule has 1 aromatic carbocycles. The predicted octanol–water partition coefficient (Wildman–Crippen LogP) is 3.38. The minimum absolute atomic E-state index is 0.362. The molecule has 0 aromatic heterocycles. The second-order valence-electron chi connectivity index (χ2n) is 3.18. The van der Waals surface area contributed by atoms with Crippen LogP contribution in [0, 0.1) is 0 Å². The Bertz CT molecular complexity index is 452. The molecule has 4 nitrogen and oxygen atoms in total. The van der Waals surface area contributed by atoms with Gasteiger partial charge in [0.2, 0.25) is 5.91 Å². The largest absolute Gasteiger partial charge is 0.325 e. The van der Waals surface area contributed by atoms with Gasteiger partial charge in [0.15, 0.2) is 0 Å². The van der Waals surface area contributed by atoms with Crippen LogP contribution in [0.3, 0.4) is 0 Å². The number of carbonyl (C=O) groups excluding carboxylic acids is 2. The summed E-state index contributed by atoms with van der Waals surface area (Å²) in [6.45, 7) is 1.47. The fourth-order valence-corrected chi connectivity index (χ4v) is 1.73. The number of urea groups is 1. The van der Waals surface area contributed by atoms with E-state index in [1.54, 1.807) is 18.2 Å². The summed E-state index contributed by atoms with van der Waals surface area (Å²) in [6.07, 6.45) is 0. The average molecular weight is 340 g/mol. The predicted molar refractivity (Wildman–Crippen MR) is 71.6 cm³/mol. The van der Waals surface area contributed by atoms with Crippen molar-refractivity contribution in [1.82, 2.24) is 5.32 Å². The molecule has 92 valence electrons. The van der Waals surface area contributed by atoms with Crippen LogP contribution in [0.5, 0.6) is 0 Å². The summed E-state index contributed by atoms with van der Waals surface area (Å²) < 4.78 is 0.791. The van der Waals surface area contributed by atoms with Crippen molar-refractivity contribution in [2.24, 2.45) is 0 Å². The number of nitrogens with one attached hydrogen (secondary N) is 2. The molecule has 0 radical (unpaired) electrons. The van der Waals surface area contributed by atoms with E-state index in [2.05, 4.69) is 26.6 Å². The van der Waals surface area contributed by atoms with E-state index in [9.17, 15) is 9.59 Å². The summed E-state index contributed by atoms with van der Waals surface area (Å²) in [5.41, 5.74) is 0.405. The van der Waals surface area contributed by atoms with Crippen molar-refractivity contribution in [2.45, 2.75) is 12.3 Å². The van der Waals surface area contributed by atoms with E-state index in [1.807, 2.05) is 0 Å². The molecular formula is C10H9BrCl2N2O2. The third kappa shape index (κ3) is 4.53. The van der Waals surface area contributed by atoms with Gasteiger partial charge in [-0.15, -0.1) is 11.6 Å². The molecule has 0 aliphatic rings. The minimum Gasteiger partial charge on any atom is -0.306 e. The van der Waals surface area contributed by atoms with Crippen LogP contribution in [0.1, 0.15) is 6.92 Å². The fraction of sp³-hybridized carbons (Fsp3) is 0.200. The van der Waals surface area contributed by atoms with Crippen LogP contribution in [-0.4, -0.2) is 17.3 Å². The number of hydrogen-bond donors (Lipinski definition) is 2. The molecule has 0 saturated heterocycles. The molecule has 7 heteroatoms. The van der Waals surface area contributed by atoms with E-state index in [0.29, 0.717) is 10.7 Å². The van der Waals surface area contributed by atoms with Crippen LogP contribution in [0.25, 0.3) is 0 Å². The Morgan fingerprint density at radius 3 is 2.59 bits per heavy atom. The van der Waals surface area contributed by atoms with Crippen LogP contribution in [-0.2, 0) is 4.79 Å². The quantitative estimate of drug-likeness (QED) is 0.811. The van der Waals surface area contributed by atoms with Crippen molar-refractivity contribution in [3.8, 4) is 0 Å². The second-order valence-corrected chi connectivity index (χ2v) is 5.16. The van der Waals surface area contributed by atoms with Crippen molar-refractivity contribution in [3.63, 3.8) is 0 Å². The summed E-state index contributed by atoms with van der Waals surface area (Å²) in [6, 6.07) is 4.28. The molecule has 0 aliphatic heterocycles. The van der Waals surface area contributed by atoms with Crippen LogP contribution >= 0.6 is 39.1 Å². The van der Waals surface area contributed by atoms with Gasteiger partial charge in [0.25, 0.3) is 0 Å². The first-order chi connectivity index (χ1) is 7.90. The Labute approximate surface area is 117 Å². The van der Waals surface area contributed by atoms with E-state index in [0.717, 1.165) is 4.47 Å². The van der Waals surface area contributed by atoms with E-state index < -0.39 is 17.3 Å². The number of halogens is 3. The number of benzene rings is 1. The van der Waals surface area contributed by atoms with E-state index >= 15 is 0 Å². The first-order valence-electron chi connectivity index (χ1n) is 4.61. The van der Waals surface area contributed by atoms with Gasteiger partial charge in [-0.3, -0.25) is 10.1 Å². The SMILES string of the molecule is CC(Cl)C(=O)NC(=O)Nc1ccc(Br)cc1Cl. The summed E-state index contributed by atoms with van der Waals surface area (Å²) in [5.74, 6) is -0.572. The Morgan fingerprint density at radius 2 is 2.06 bits per heavy atom. The van der Waals surface area contributed by atoms with Crippen molar-refractivity contribution in [1.29, 1.82) is 0 Å². The van der Waals surface area contributed by atoms with Crippen LogP contribution in [0.4, 0.5) is 10.5 Å². The highest BCUT2D eigenvalue weighted by atomic mass is 79.9. The molecule has 1 aromatic rings. The summed E-state index contributed by atoms with van der Waals surface area (Å²) in [5, 5.41) is 4.10. The molecular weight excluding hydrogens is 331 g/mol. The van der Waals surface area contributed by atoms with Crippen LogP contribution < -0.4 is 10.6 Å². The number of hydrogen-bond acceptors (Lipinski definition) is 2. The lowest BCUT2D eigenvalue weighted by Crippen LogP contribution is -2.38. The third-order valence-corrected chi connectivity index (χ3v) is 2.78. The number of rotatable bonds is 2. The maximum Gasteiger partial charge on any atom is 0.325 e. The Hall–Kier alpha value is -0.780. The number of carbonyl (C=O) groups is 2. The highest BCUT2D eigenvalue weighted by molar-refractivity contribution is 9.10. The Kier molecular flexibility index (Phi) is 5.24. The van der Waals surface area contributed by atoms with E-state index in [1.165, 1.54) is 6.92 Å². The summed E-state index contributed by atoms with van der Waals surface area (Å²) in [4.78, 5) is 22.5. The zero-order chi connectivity index (χ0) is 13.0. The zero-order valence-electron chi connectivity index (χ0n) is 8.76. The molecule has 1 unspecified atom stereocenters. The normalized spacial score (nSPS) is 11.8. The Balaban J connectivity index is 2.65. The van der Waals surface area contributed by atoms with Gasteiger partial charge in [-0.2, -0.15) is 0 Å². The number of alkyl halides is 1. The van der Waals surface area contributed by atoms with Gasteiger partial charge in [0.05, 0.1) is 10.7 Å². The van der Waals surface area contributed by atoms with Gasteiger partial charge in [0.1, 0.15) is 5.38 Å². The second kappa shape index (κ2) is 6.23. The third-order valence-electron chi connectivity index (χ3n) is 1.78. The molecule has 0 heterocycles. The molecule has 1 rings (SSSR count). The Morgan fingerprint density at radius 1 is 1.41 bits per heavy atom. The standard InChI is InChI=1S/C10H9BrCl2N2O2/c1-5(12)9(16)15-10(17)14-8-3-2-6(11)4-7(8)13/h2-5H,1H3,(H2,14,15,16,17). The molecule has 3 amide bonds. The lowest BCUT2D eigenvalue weighted by atomic mass is 10.3. The summed E-state index contributed by atoms with van der Waals surface area (Å²) in [7, 11) is 0. The number of anilines is 1.